The van der Waals surface area contributed by atoms with Gasteiger partial charge in [-0.2, -0.15) is 17.5 Å². The maximum Gasteiger partial charge on any atom is 0.417 e. The van der Waals surface area contributed by atoms with Gasteiger partial charge in [0.1, 0.15) is 10.7 Å². The molecular weight excluding hydrogens is 438 g/mol. The largest absolute Gasteiger partial charge is 0.417 e. The van der Waals surface area contributed by atoms with E-state index in [1.165, 1.54) is 28.6 Å². The first-order valence-electron chi connectivity index (χ1n) is 8.32. The van der Waals surface area contributed by atoms with Crippen LogP contribution in [0.25, 0.3) is 0 Å². The van der Waals surface area contributed by atoms with E-state index in [0.29, 0.717) is 18.8 Å². The van der Waals surface area contributed by atoms with Crippen LogP contribution in [0, 0.1) is 0 Å². The molecule has 5 nitrogen and oxygen atoms in total. The van der Waals surface area contributed by atoms with Gasteiger partial charge in [-0.05, 0) is 36.8 Å². The number of aromatic nitrogens is 1. The Morgan fingerprint density at radius 1 is 1.00 bits per heavy atom. The number of benzene rings is 1. The predicted octanol–water partition coefficient (Wildman–Crippen LogP) is 4.31. The van der Waals surface area contributed by atoms with Crippen LogP contribution in [0.3, 0.4) is 0 Å². The van der Waals surface area contributed by atoms with Crippen LogP contribution in [0.15, 0.2) is 41.4 Å². The molecule has 3 rings (SSSR count). The fourth-order valence-electron chi connectivity index (χ4n) is 2.92. The smallest absolute Gasteiger partial charge is 0.355 e. The van der Waals surface area contributed by atoms with Crippen molar-refractivity contribution in [3.8, 4) is 0 Å². The van der Waals surface area contributed by atoms with Gasteiger partial charge in [0.05, 0.1) is 10.6 Å². The molecular formula is C17H16Cl2F3N3O2S. The molecule has 1 saturated heterocycles. The van der Waals surface area contributed by atoms with E-state index >= 15 is 0 Å². The van der Waals surface area contributed by atoms with Crippen LogP contribution in [0.4, 0.5) is 19.0 Å². The topological polar surface area (TPSA) is 53.5 Å². The van der Waals surface area contributed by atoms with Crippen LogP contribution in [0.1, 0.15) is 12.0 Å². The molecule has 28 heavy (non-hydrogen) atoms. The van der Waals surface area contributed by atoms with Crippen molar-refractivity contribution in [1.82, 2.24) is 9.29 Å². The first-order valence-corrected chi connectivity index (χ1v) is 10.5. The van der Waals surface area contributed by atoms with E-state index in [1.54, 1.807) is 4.90 Å². The molecule has 1 aliphatic rings. The molecule has 0 amide bonds. The number of nitrogens with zero attached hydrogens (tertiary/aromatic N) is 3. The molecule has 0 aliphatic carbocycles. The first kappa shape index (κ1) is 21.2. The second kappa shape index (κ2) is 8.06. The van der Waals surface area contributed by atoms with Crippen LogP contribution in [-0.4, -0.2) is 43.9 Å². The highest BCUT2D eigenvalue weighted by Gasteiger charge is 2.32. The van der Waals surface area contributed by atoms with Crippen LogP contribution >= 0.6 is 23.2 Å². The Hall–Kier alpha value is -1.55. The lowest BCUT2D eigenvalue weighted by Crippen LogP contribution is -2.35. The highest BCUT2D eigenvalue weighted by molar-refractivity contribution is 7.89. The van der Waals surface area contributed by atoms with Gasteiger partial charge in [-0.3, -0.25) is 0 Å². The third-order valence-electron chi connectivity index (χ3n) is 4.37. The summed E-state index contributed by atoms with van der Waals surface area (Å²) in [7, 11) is -3.85. The molecule has 0 bridgehead atoms. The van der Waals surface area contributed by atoms with Gasteiger partial charge in [0, 0.05) is 37.4 Å². The highest BCUT2D eigenvalue weighted by Crippen LogP contribution is 2.30. The van der Waals surface area contributed by atoms with Crippen molar-refractivity contribution in [2.75, 3.05) is 31.1 Å². The van der Waals surface area contributed by atoms with Gasteiger partial charge in [0.25, 0.3) is 0 Å². The molecule has 0 N–H and O–H groups in total. The zero-order valence-electron chi connectivity index (χ0n) is 14.5. The molecule has 2 aromatic rings. The lowest BCUT2D eigenvalue weighted by Gasteiger charge is -2.23. The van der Waals surface area contributed by atoms with Gasteiger partial charge in [0.2, 0.25) is 10.0 Å². The van der Waals surface area contributed by atoms with E-state index in [-0.39, 0.29) is 34.6 Å². The summed E-state index contributed by atoms with van der Waals surface area (Å²) in [6.07, 6.45) is -3.19. The predicted molar refractivity (Wildman–Crippen MR) is 101 cm³/mol. The first-order chi connectivity index (χ1) is 13.1. The average molecular weight is 454 g/mol. The fourth-order valence-corrected chi connectivity index (χ4v) is 5.12. The molecule has 1 aromatic carbocycles. The summed E-state index contributed by atoms with van der Waals surface area (Å²) < 4.78 is 65.2. The third-order valence-corrected chi connectivity index (χ3v) is 6.98. The van der Waals surface area contributed by atoms with E-state index in [4.69, 9.17) is 23.2 Å². The summed E-state index contributed by atoms with van der Waals surface area (Å²) in [6.45, 7) is 1.15. The minimum atomic E-state index is -4.45. The zero-order valence-corrected chi connectivity index (χ0v) is 16.8. The highest BCUT2D eigenvalue weighted by atomic mass is 35.5. The average Bonchev–Trinajstić information content (AvgIpc) is 2.90. The number of pyridine rings is 1. The van der Waals surface area contributed by atoms with Crippen molar-refractivity contribution in [3.63, 3.8) is 0 Å². The standard InChI is InChI=1S/C17H16Cl2F3N3O2S/c18-13-3-4-14(19)15(10-13)28(26,27)25-7-1-6-24(8-9-25)16-5-2-12(11-23-16)17(20,21)22/h2-5,10-11H,1,6-9H2. The summed E-state index contributed by atoms with van der Waals surface area (Å²) >= 11 is 11.9. The Labute approximate surface area is 170 Å². The maximum absolute atomic E-state index is 12.9. The molecule has 0 spiro atoms. The summed E-state index contributed by atoms with van der Waals surface area (Å²) in [6, 6.07) is 6.49. The molecule has 0 saturated carbocycles. The monoisotopic (exact) mass is 453 g/mol. The lowest BCUT2D eigenvalue weighted by molar-refractivity contribution is -0.137. The van der Waals surface area contributed by atoms with Crippen molar-refractivity contribution in [3.05, 3.63) is 52.1 Å². The Balaban J connectivity index is 1.77. The number of anilines is 1. The Morgan fingerprint density at radius 2 is 1.75 bits per heavy atom. The molecule has 1 aliphatic heterocycles. The normalized spacial score (nSPS) is 16.8. The van der Waals surface area contributed by atoms with Gasteiger partial charge >= 0.3 is 6.18 Å². The van der Waals surface area contributed by atoms with Crippen molar-refractivity contribution in [2.45, 2.75) is 17.5 Å². The lowest BCUT2D eigenvalue weighted by atomic mass is 10.2. The summed E-state index contributed by atoms with van der Waals surface area (Å²) in [5, 5.41) is 0.336. The van der Waals surface area contributed by atoms with E-state index < -0.39 is 21.8 Å². The Kier molecular flexibility index (Phi) is 6.09. The van der Waals surface area contributed by atoms with Gasteiger partial charge < -0.3 is 4.90 Å². The van der Waals surface area contributed by atoms with E-state index in [1.807, 2.05) is 0 Å². The quantitative estimate of drug-likeness (QED) is 0.694. The van der Waals surface area contributed by atoms with E-state index in [0.717, 1.165) is 12.3 Å². The van der Waals surface area contributed by atoms with Crippen molar-refractivity contribution >= 4 is 39.0 Å². The molecule has 1 fully saturated rings. The maximum atomic E-state index is 12.9. The van der Waals surface area contributed by atoms with Crippen LogP contribution in [0.2, 0.25) is 10.0 Å². The number of halogens is 5. The third kappa shape index (κ3) is 4.53. The van der Waals surface area contributed by atoms with Gasteiger partial charge in [-0.15, -0.1) is 0 Å². The van der Waals surface area contributed by atoms with Gasteiger partial charge in [-0.25, -0.2) is 13.4 Å². The number of hydrogen-bond donors (Lipinski definition) is 0. The SMILES string of the molecule is O=S(=O)(c1cc(Cl)ccc1Cl)N1CCCN(c2ccc(C(F)(F)F)cn2)CC1. The minimum Gasteiger partial charge on any atom is -0.355 e. The second-order valence-electron chi connectivity index (χ2n) is 6.22. The Bertz CT molecular complexity index is 953. The molecule has 152 valence electrons. The van der Waals surface area contributed by atoms with Crippen LogP contribution in [-0.2, 0) is 16.2 Å². The number of hydrogen-bond acceptors (Lipinski definition) is 4. The van der Waals surface area contributed by atoms with Crippen LogP contribution < -0.4 is 4.90 Å². The number of rotatable bonds is 3. The summed E-state index contributed by atoms with van der Waals surface area (Å²) in [4.78, 5) is 5.57. The van der Waals surface area contributed by atoms with Crippen LogP contribution in [0.5, 0.6) is 0 Å². The van der Waals surface area contributed by atoms with Crippen molar-refractivity contribution in [1.29, 1.82) is 0 Å². The molecule has 11 heteroatoms. The van der Waals surface area contributed by atoms with E-state index in [9.17, 15) is 21.6 Å². The minimum absolute atomic E-state index is 0.0669. The zero-order chi connectivity index (χ0) is 20.5. The van der Waals surface area contributed by atoms with Gasteiger partial charge in [-0.1, -0.05) is 23.2 Å². The Morgan fingerprint density at radius 3 is 2.39 bits per heavy atom. The molecule has 0 unspecified atom stereocenters. The number of alkyl halides is 3. The summed E-state index contributed by atoms with van der Waals surface area (Å²) in [5.74, 6) is 0.369. The number of sulfonamides is 1. The molecule has 2 heterocycles. The fraction of sp³-hybridized carbons (Fsp3) is 0.353. The molecule has 1 aromatic heterocycles. The van der Waals surface area contributed by atoms with Crippen molar-refractivity contribution < 1.29 is 21.6 Å². The van der Waals surface area contributed by atoms with Gasteiger partial charge in [0.15, 0.2) is 0 Å². The van der Waals surface area contributed by atoms with Crippen molar-refractivity contribution in [2.24, 2.45) is 0 Å². The second-order valence-corrected chi connectivity index (χ2v) is 8.97. The molecule has 0 atom stereocenters. The molecule has 0 radical (unpaired) electrons. The summed E-state index contributed by atoms with van der Waals surface area (Å²) in [5.41, 5.74) is -0.828. The van der Waals surface area contributed by atoms with E-state index in [2.05, 4.69) is 4.98 Å².